The van der Waals surface area contributed by atoms with E-state index in [1.165, 1.54) is 11.8 Å². The average molecular weight is 364 g/mol. The van der Waals surface area contributed by atoms with Crippen LogP contribution in [0.25, 0.3) is 11.0 Å². The van der Waals surface area contributed by atoms with E-state index >= 15 is 0 Å². The van der Waals surface area contributed by atoms with E-state index in [0.29, 0.717) is 22.4 Å². The number of rotatable bonds is 5. The molecule has 7 heteroatoms. The van der Waals surface area contributed by atoms with Crippen LogP contribution in [0.5, 0.6) is 0 Å². The molecule has 0 aliphatic rings. The second-order valence-electron chi connectivity index (χ2n) is 6.20. The van der Waals surface area contributed by atoms with Crippen molar-refractivity contribution < 1.29 is 9.59 Å². The van der Waals surface area contributed by atoms with Crippen LogP contribution in [0.2, 0.25) is 0 Å². The van der Waals surface area contributed by atoms with Gasteiger partial charge in [-0.05, 0) is 36.4 Å². The first-order valence-electron chi connectivity index (χ1n) is 8.56. The number of nitrogens with zero attached hydrogens (tertiary/aromatic N) is 2. The SMILES string of the molecule is CC(=O)N(C)c1ccc(NC(=O)CCc2nc3ccccc3[nH]c2=O)cc1. The maximum Gasteiger partial charge on any atom is 0.270 e. The molecule has 0 aliphatic heterocycles. The summed E-state index contributed by atoms with van der Waals surface area (Å²) < 4.78 is 0. The number of nitrogens with one attached hydrogen (secondary N) is 2. The highest BCUT2D eigenvalue weighted by Crippen LogP contribution is 2.17. The summed E-state index contributed by atoms with van der Waals surface area (Å²) in [7, 11) is 1.68. The zero-order chi connectivity index (χ0) is 19.4. The van der Waals surface area contributed by atoms with E-state index in [2.05, 4.69) is 15.3 Å². The first-order chi connectivity index (χ1) is 12.9. The molecule has 7 nitrogen and oxygen atoms in total. The maximum absolute atomic E-state index is 12.2. The summed E-state index contributed by atoms with van der Waals surface area (Å²) in [6.45, 7) is 1.48. The molecule has 1 aromatic heterocycles. The molecule has 0 atom stereocenters. The Morgan fingerprint density at radius 1 is 1.11 bits per heavy atom. The number of aryl methyl sites for hydroxylation is 1. The van der Waals surface area contributed by atoms with E-state index in [0.717, 1.165) is 5.69 Å². The molecular formula is C20H20N4O3. The van der Waals surface area contributed by atoms with Gasteiger partial charge in [0, 0.05) is 38.2 Å². The standard InChI is InChI=1S/C20H20N4O3/c1-13(25)24(2)15-9-7-14(8-10-15)21-19(26)12-11-18-20(27)23-17-6-4-3-5-16(17)22-18/h3-10H,11-12H2,1-2H3,(H,21,26)(H,23,27). The maximum atomic E-state index is 12.2. The molecule has 2 aromatic carbocycles. The number of carbonyl (C=O) groups is 2. The van der Waals surface area contributed by atoms with Gasteiger partial charge in [0.05, 0.1) is 11.0 Å². The van der Waals surface area contributed by atoms with Crippen LogP contribution < -0.4 is 15.8 Å². The summed E-state index contributed by atoms with van der Waals surface area (Å²) in [6, 6.07) is 14.2. The fraction of sp³-hybridized carbons (Fsp3) is 0.200. The third-order valence-electron chi connectivity index (χ3n) is 4.27. The molecule has 0 spiro atoms. The molecule has 0 aliphatic carbocycles. The largest absolute Gasteiger partial charge is 0.326 e. The first kappa shape index (κ1) is 18.3. The lowest BCUT2D eigenvalue weighted by atomic mass is 10.2. The van der Waals surface area contributed by atoms with Crippen molar-refractivity contribution in [1.82, 2.24) is 9.97 Å². The molecule has 0 saturated carbocycles. The summed E-state index contributed by atoms with van der Waals surface area (Å²) in [5.41, 5.74) is 2.79. The van der Waals surface area contributed by atoms with Gasteiger partial charge in [-0.3, -0.25) is 14.4 Å². The van der Waals surface area contributed by atoms with Gasteiger partial charge in [0.25, 0.3) is 5.56 Å². The summed E-state index contributed by atoms with van der Waals surface area (Å²) in [4.78, 5) is 44.2. The molecule has 3 rings (SSSR count). The number of aromatic nitrogens is 2. The van der Waals surface area contributed by atoms with E-state index in [9.17, 15) is 14.4 Å². The van der Waals surface area contributed by atoms with Gasteiger partial charge in [0.15, 0.2) is 0 Å². The molecule has 0 saturated heterocycles. The Hall–Kier alpha value is -3.48. The van der Waals surface area contributed by atoms with Crippen LogP contribution in [0.3, 0.4) is 0 Å². The van der Waals surface area contributed by atoms with Crippen molar-refractivity contribution in [3.05, 3.63) is 64.6 Å². The van der Waals surface area contributed by atoms with Crippen molar-refractivity contribution in [3.8, 4) is 0 Å². The van der Waals surface area contributed by atoms with Gasteiger partial charge in [-0.2, -0.15) is 0 Å². The Labute approximate surface area is 156 Å². The number of benzene rings is 2. The van der Waals surface area contributed by atoms with Gasteiger partial charge < -0.3 is 15.2 Å². The summed E-state index contributed by atoms with van der Waals surface area (Å²) in [6.07, 6.45) is 0.390. The van der Waals surface area contributed by atoms with Crippen molar-refractivity contribution in [2.75, 3.05) is 17.3 Å². The van der Waals surface area contributed by atoms with Gasteiger partial charge in [-0.15, -0.1) is 0 Å². The van der Waals surface area contributed by atoms with Gasteiger partial charge in [-0.1, -0.05) is 12.1 Å². The summed E-state index contributed by atoms with van der Waals surface area (Å²) >= 11 is 0. The zero-order valence-electron chi connectivity index (χ0n) is 15.2. The van der Waals surface area contributed by atoms with Crippen LogP contribution in [-0.2, 0) is 16.0 Å². The Balaban J connectivity index is 1.62. The summed E-state index contributed by atoms with van der Waals surface area (Å²) in [5, 5.41) is 2.78. The number of hydrogen-bond donors (Lipinski definition) is 2. The third-order valence-corrected chi connectivity index (χ3v) is 4.27. The van der Waals surface area contributed by atoms with Crippen molar-refractivity contribution in [3.63, 3.8) is 0 Å². The first-order valence-corrected chi connectivity index (χ1v) is 8.56. The third kappa shape index (κ3) is 4.38. The van der Waals surface area contributed by atoms with E-state index in [-0.39, 0.29) is 30.2 Å². The lowest BCUT2D eigenvalue weighted by Crippen LogP contribution is -2.22. The second-order valence-corrected chi connectivity index (χ2v) is 6.20. The minimum atomic E-state index is -0.280. The van der Waals surface area contributed by atoms with E-state index in [1.807, 2.05) is 18.2 Å². The number of aromatic amines is 1. The molecule has 1 heterocycles. The molecule has 0 unspecified atom stereocenters. The van der Waals surface area contributed by atoms with E-state index < -0.39 is 0 Å². The smallest absolute Gasteiger partial charge is 0.270 e. The monoisotopic (exact) mass is 364 g/mol. The second kappa shape index (κ2) is 7.82. The number of carbonyl (C=O) groups excluding carboxylic acids is 2. The van der Waals surface area contributed by atoms with Crippen LogP contribution in [0.15, 0.2) is 53.3 Å². The van der Waals surface area contributed by atoms with Crippen molar-refractivity contribution in [2.45, 2.75) is 19.8 Å². The molecule has 138 valence electrons. The molecular weight excluding hydrogens is 344 g/mol. The van der Waals surface area contributed by atoms with Crippen molar-refractivity contribution in [2.24, 2.45) is 0 Å². The lowest BCUT2D eigenvalue weighted by molar-refractivity contribution is -0.117. The molecule has 27 heavy (non-hydrogen) atoms. The van der Waals surface area contributed by atoms with Gasteiger partial charge in [-0.25, -0.2) is 4.98 Å². The average Bonchev–Trinajstić information content (AvgIpc) is 2.66. The normalized spacial score (nSPS) is 10.6. The van der Waals surface area contributed by atoms with Crippen molar-refractivity contribution >= 4 is 34.2 Å². The van der Waals surface area contributed by atoms with E-state index in [1.54, 1.807) is 37.4 Å². The highest BCUT2D eigenvalue weighted by atomic mass is 16.2. The molecule has 0 bridgehead atoms. The summed E-state index contributed by atoms with van der Waals surface area (Å²) in [5.74, 6) is -0.281. The molecule has 2 amide bonds. The van der Waals surface area contributed by atoms with Gasteiger partial charge in [0.1, 0.15) is 5.69 Å². The fourth-order valence-electron chi connectivity index (χ4n) is 2.64. The Bertz CT molecular complexity index is 1040. The highest BCUT2D eigenvalue weighted by Gasteiger charge is 2.09. The highest BCUT2D eigenvalue weighted by molar-refractivity contribution is 5.93. The number of fused-ring (bicyclic) bond motifs is 1. The Kier molecular flexibility index (Phi) is 5.30. The van der Waals surface area contributed by atoms with Crippen LogP contribution >= 0.6 is 0 Å². The van der Waals surface area contributed by atoms with Crippen LogP contribution in [0.1, 0.15) is 19.0 Å². The van der Waals surface area contributed by atoms with Gasteiger partial charge >= 0.3 is 0 Å². The topological polar surface area (TPSA) is 95.2 Å². The Morgan fingerprint density at radius 3 is 2.52 bits per heavy atom. The lowest BCUT2D eigenvalue weighted by Gasteiger charge is -2.15. The quantitative estimate of drug-likeness (QED) is 0.727. The number of amides is 2. The van der Waals surface area contributed by atoms with Gasteiger partial charge in [0.2, 0.25) is 11.8 Å². The predicted molar refractivity (Wildman–Crippen MR) is 105 cm³/mol. The molecule has 0 fully saturated rings. The van der Waals surface area contributed by atoms with Crippen LogP contribution in [0.4, 0.5) is 11.4 Å². The number of anilines is 2. The minimum Gasteiger partial charge on any atom is -0.326 e. The predicted octanol–water partition coefficient (Wildman–Crippen LogP) is 2.48. The Morgan fingerprint density at radius 2 is 1.81 bits per heavy atom. The number of hydrogen-bond acceptors (Lipinski definition) is 4. The minimum absolute atomic E-state index is 0.0695. The van der Waals surface area contributed by atoms with Crippen LogP contribution in [-0.4, -0.2) is 28.8 Å². The van der Waals surface area contributed by atoms with Crippen molar-refractivity contribution in [1.29, 1.82) is 0 Å². The fourth-order valence-corrected chi connectivity index (χ4v) is 2.64. The molecule has 3 aromatic rings. The number of H-pyrrole nitrogens is 1. The molecule has 0 radical (unpaired) electrons. The molecule has 2 N–H and O–H groups in total. The number of para-hydroxylation sites is 2. The van der Waals surface area contributed by atoms with E-state index in [4.69, 9.17) is 0 Å². The van der Waals surface area contributed by atoms with Crippen LogP contribution in [0, 0.1) is 0 Å². The zero-order valence-corrected chi connectivity index (χ0v) is 15.2.